The van der Waals surface area contributed by atoms with E-state index in [4.69, 9.17) is 14.9 Å². The summed E-state index contributed by atoms with van der Waals surface area (Å²) in [7, 11) is 0. The highest BCUT2D eigenvalue weighted by molar-refractivity contribution is 5.90. The summed E-state index contributed by atoms with van der Waals surface area (Å²) in [5.41, 5.74) is -0.737. The molecule has 5 N–H and O–H groups in total. The third-order valence-electron chi connectivity index (χ3n) is 3.23. The van der Waals surface area contributed by atoms with Crippen molar-refractivity contribution in [2.45, 2.75) is 24.5 Å². The van der Waals surface area contributed by atoms with Crippen LogP contribution in [-0.2, 0) is 4.74 Å². The van der Waals surface area contributed by atoms with Crippen LogP contribution in [0.4, 0.5) is 11.4 Å². The van der Waals surface area contributed by atoms with Gasteiger partial charge in [0.2, 0.25) is 0 Å². The lowest BCUT2D eigenvalue weighted by Gasteiger charge is -2.17. The Morgan fingerprint density at radius 3 is 2.50 bits per heavy atom. The molecule has 0 spiro atoms. The topological polar surface area (TPSA) is 162 Å². The minimum atomic E-state index is -1.38. The predicted molar refractivity (Wildman–Crippen MR) is 71.4 cm³/mol. The number of aliphatic hydroxyl groups is 3. The van der Waals surface area contributed by atoms with Crippen LogP contribution in [0.5, 0.6) is 0 Å². The zero-order chi connectivity index (χ0) is 16.4. The molecule has 0 aromatic heterocycles. The van der Waals surface area contributed by atoms with Crippen LogP contribution in [0, 0.1) is 10.1 Å². The molecule has 0 radical (unpaired) electrons. The summed E-state index contributed by atoms with van der Waals surface area (Å²) < 4.78 is 5.16. The number of benzene rings is 1. The highest BCUT2D eigenvalue weighted by Crippen LogP contribution is 2.26. The number of anilines is 1. The van der Waals surface area contributed by atoms with Crippen molar-refractivity contribution >= 4 is 17.3 Å². The molecule has 0 saturated carbocycles. The lowest BCUT2D eigenvalue weighted by atomic mass is 10.1. The summed E-state index contributed by atoms with van der Waals surface area (Å²) in [6.07, 6.45) is -4.87. The Morgan fingerprint density at radius 2 is 2.00 bits per heavy atom. The first kappa shape index (κ1) is 16.1. The third-order valence-corrected chi connectivity index (χ3v) is 3.23. The molecular formula is C12H14N2O8. The number of carboxylic acids is 1. The van der Waals surface area contributed by atoms with Crippen molar-refractivity contribution in [3.8, 4) is 0 Å². The van der Waals surface area contributed by atoms with Crippen LogP contribution in [-0.4, -0.2) is 62.5 Å². The number of hydrogen-bond acceptors (Lipinski definition) is 8. The fourth-order valence-electron chi connectivity index (χ4n) is 2.11. The molecule has 1 saturated heterocycles. The number of ether oxygens (including phenoxy) is 1. The summed E-state index contributed by atoms with van der Waals surface area (Å²) in [4.78, 5) is 21.0. The second kappa shape index (κ2) is 6.23. The van der Waals surface area contributed by atoms with Crippen LogP contribution in [0.25, 0.3) is 0 Å². The second-order valence-corrected chi connectivity index (χ2v) is 4.73. The van der Waals surface area contributed by atoms with Gasteiger partial charge in [-0.3, -0.25) is 10.1 Å². The van der Waals surface area contributed by atoms with E-state index in [2.05, 4.69) is 5.32 Å². The van der Waals surface area contributed by atoms with Crippen LogP contribution in [0.2, 0.25) is 0 Å². The molecule has 4 atom stereocenters. The molecule has 10 heteroatoms. The SMILES string of the molecule is O=C(O)c1cc(NC2OC(CO)C(O)C2O)cc([N+](=O)[O-])c1. The lowest BCUT2D eigenvalue weighted by Crippen LogP contribution is -2.36. The number of nitro groups is 1. The van der Waals surface area contributed by atoms with E-state index in [1.807, 2.05) is 0 Å². The standard InChI is InChI=1S/C12H14N2O8/c15-4-8-9(16)10(17)11(22-8)13-6-1-5(12(18)19)2-7(3-6)14(20)21/h1-3,8-11,13,15-17H,4H2,(H,18,19). The fraction of sp³-hybridized carbons (Fsp3) is 0.417. The van der Waals surface area contributed by atoms with Crippen LogP contribution >= 0.6 is 0 Å². The predicted octanol–water partition coefficient (Wildman–Crippen LogP) is -0.856. The van der Waals surface area contributed by atoms with E-state index in [0.29, 0.717) is 0 Å². The number of carboxylic acid groups (broad SMARTS) is 1. The van der Waals surface area contributed by atoms with Crippen LogP contribution in [0.15, 0.2) is 18.2 Å². The zero-order valence-electron chi connectivity index (χ0n) is 11.1. The molecule has 10 nitrogen and oxygen atoms in total. The fourth-order valence-corrected chi connectivity index (χ4v) is 2.11. The molecule has 120 valence electrons. The minimum Gasteiger partial charge on any atom is -0.478 e. The van der Waals surface area contributed by atoms with E-state index < -0.39 is 47.7 Å². The Bertz CT molecular complexity index is 560. The van der Waals surface area contributed by atoms with Gasteiger partial charge in [-0.2, -0.15) is 0 Å². The first-order valence-electron chi connectivity index (χ1n) is 6.25. The Kier molecular flexibility index (Phi) is 4.56. The van der Waals surface area contributed by atoms with Gasteiger partial charge in [-0.1, -0.05) is 0 Å². The first-order chi connectivity index (χ1) is 10.3. The van der Waals surface area contributed by atoms with Crippen molar-refractivity contribution in [1.82, 2.24) is 0 Å². The molecule has 1 heterocycles. The van der Waals surface area contributed by atoms with Crippen molar-refractivity contribution < 1.29 is 34.9 Å². The van der Waals surface area contributed by atoms with Gasteiger partial charge in [0.05, 0.1) is 17.1 Å². The van der Waals surface area contributed by atoms with Gasteiger partial charge in [0.25, 0.3) is 5.69 Å². The van der Waals surface area contributed by atoms with E-state index in [9.17, 15) is 25.1 Å². The van der Waals surface area contributed by atoms with Gasteiger partial charge >= 0.3 is 5.97 Å². The largest absolute Gasteiger partial charge is 0.478 e. The van der Waals surface area contributed by atoms with Gasteiger partial charge in [0.1, 0.15) is 18.3 Å². The normalized spacial score (nSPS) is 27.6. The summed E-state index contributed by atoms with van der Waals surface area (Å²) in [5, 5.41) is 50.7. The Morgan fingerprint density at radius 1 is 1.32 bits per heavy atom. The first-order valence-corrected chi connectivity index (χ1v) is 6.25. The Labute approximate surface area is 123 Å². The molecule has 1 aromatic carbocycles. The molecule has 2 rings (SSSR count). The van der Waals surface area contributed by atoms with Crippen molar-refractivity contribution in [2.24, 2.45) is 0 Å². The molecule has 1 aromatic rings. The number of aromatic carboxylic acids is 1. The van der Waals surface area contributed by atoms with Gasteiger partial charge in [-0.05, 0) is 6.07 Å². The van der Waals surface area contributed by atoms with Gasteiger partial charge in [-0.25, -0.2) is 4.79 Å². The van der Waals surface area contributed by atoms with E-state index in [1.165, 1.54) is 0 Å². The maximum absolute atomic E-state index is 11.0. The number of rotatable bonds is 5. The minimum absolute atomic E-state index is 0.0291. The molecule has 0 aliphatic carbocycles. The molecule has 1 aliphatic heterocycles. The average molecular weight is 314 g/mol. The van der Waals surface area contributed by atoms with Gasteiger partial charge in [-0.15, -0.1) is 0 Å². The quantitative estimate of drug-likeness (QED) is 0.344. The zero-order valence-corrected chi connectivity index (χ0v) is 11.1. The lowest BCUT2D eigenvalue weighted by molar-refractivity contribution is -0.384. The van der Waals surface area contributed by atoms with E-state index in [-0.39, 0.29) is 11.3 Å². The molecule has 4 unspecified atom stereocenters. The average Bonchev–Trinajstić information content (AvgIpc) is 2.74. The summed E-state index contributed by atoms with van der Waals surface area (Å²) in [5.74, 6) is -1.35. The van der Waals surface area contributed by atoms with E-state index >= 15 is 0 Å². The van der Waals surface area contributed by atoms with Crippen LogP contribution in [0.1, 0.15) is 10.4 Å². The molecule has 0 amide bonds. The summed E-state index contributed by atoms with van der Waals surface area (Å²) >= 11 is 0. The smallest absolute Gasteiger partial charge is 0.336 e. The maximum Gasteiger partial charge on any atom is 0.336 e. The maximum atomic E-state index is 11.0. The van der Waals surface area contributed by atoms with Crippen molar-refractivity contribution in [1.29, 1.82) is 0 Å². The number of nitro benzene ring substituents is 1. The van der Waals surface area contributed by atoms with Crippen LogP contribution in [0.3, 0.4) is 0 Å². The number of nitrogens with one attached hydrogen (secondary N) is 1. The Hall–Kier alpha value is -2.27. The van der Waals surface area contributed by atoms with E-state index in [0.717, 1.165) is 18.2 Å². The van der Waals surface area contributed by atoms with Crippen molar-refractivity contribution in [3.63, 3.8) is 0 Å². The molecular weight excluding hydrogens is 300 g/mol. The number of nitrogens with zero attached hydrogens (tertiary/aromatic N) is 1. The molecule has 0 bridgehead atoms. The number of carbonyl (C=O) groups is 1. The van der Waals surface area contributed by atoms with Crippen molar-refractivity contribution in [2.75, 3.05) is 11.9 Å². The Balaban J connectivity index is 2.26. The highest BCUT2D eigenvalue weighted by Gasteiger charge is 2.42. The summed E-state index contributed by atoms with van der Waals surface area (Å²) in [6.45, 7) is -0.522. The second-order valence-electron chi connectivity index (χ2n) is 4.73. The van der Waals surface area contributed by atoms with Gasteiger partial charge in [0.15, 0.2) is 6.23 Å². The summed E-state index contributed by atoms with van der Waals surface area (Å²) in [6, 6.07) is 3.09. The van der Waals surface area contributed by atoms with E-state index in [1.54, 1.807) is 0 Å². The molecule has 1 aliphatic rings. The van der Waals surface area contributed by atoms with Crippen LogP contribution < -0.4 is 5.32 Å². The molecule has 22 heavy (non-hydrogen) atoms. The number of hydrogen-bond donors (Lipinski definition) is 5. The number of aliphatic hydroxyl groups excluding tert-OH is 3. The monoisotopic (exact) mass is 314 g/mol. The molecule has 1 fully saturated rings. The highest BCUT2D eigenvalue weighted by atomic mass is 16.6. The number of non-ortho nitro benzene ring substituents is 1. The third kappa shape index (κ3) is 3.14. The van der Waals surface area contributed by atoms with Crippen molar-refractivity contribution in [3.05, 3.63) is 33.9 Å². The van der Waals surface area contributed by atoms with Gasteiger partial charge < -0.3 is 30.5 Å². The van der Waals surface area contributed by atoms with Gasteiger partial charge in [0, 0.05) is 17.8 Å².